The van der Waals surface area contributed by atoms with Crippen molar-refractivity contribution < 1.29 is 4.79 Å². The van der Waals surface area contributed by atoms with E-state index in [1.807, 2.05) is 0 Å². The van der Waals surface area contributed by atoms with Crippen LogP contribution in [-0.2, 0) is 0 Å². The van der Waals surface area contributed by atoms with Crippen LogP contribution >= 0.6 is 0 Å². The standard InChI is InChI=1S/C17H17N7O/c18-9-24-6-5-13(7-24)23-17-14(16(20)21-10-22-17)15(19)12-3-1-11(8-25)2-4-12/h1-4,8,10,13,19H,5-7H2,(H3,20,21,22,23). The predicted octanol–water partition coefficient (Wildman–Crippen LogP) is 1.25. The Morgan fingerprint density at radius 2 is 2.16 bits per heavy atom. The minimum Gasteiger partial charge on any atom is -0.383 e. The van der Waals surface area contributed by atoms with Crippen LogP contribution in [-0.4, -0.2) is 46.0 Å². The lowest BCUT2D eigenvalue weighted by Gasteiger charge is -2.17. The highest BCUT2D eigenvalue weighted by Crippen LogP contribution is 2.24. The van der Waals surface area contributed by atoms with Crippen molar-refractivity contribution in [3.63, 3.8) is 0 Å². The molecule has 126 valence electrons. The first-order valence-corrected chi connectivity index (χ1v) is 7.78. The van der Waals surface area contributed by atoms with Gasteiger partial charge in [-0.05, 0) is 6.42 Å². The van der Waals surface area contributed by atoms with Gasteiger partial charge in [-0.1, -0.05) is 24.3 Å². The molecule has 25 heavy (non-hydrogen) atoms. The first kappa shape index (κ1) is 16.4. The number of nitrogens with zero attached hydrogens (tertiary/aromatic N) is 4. The molecule has 1 aromatic carbocycles. The van der Waals surface area contributed by atoms with Gasteiger partial charge in [-0.2, -0.15) is 5.26 Å². The van der Waals surface area contributed by atoms with Gasteiger partial charge in [-0.15, -0.1) is 0 Å². The summed E-state index contributed by atoms with van der Waals surface area (Å²) in [6.07, 6.45) is 5.03. The number of aldehydes is 1. The van der Waals surface area contributed by atoms with E-state index in [4.69, 9.17) is 16.4 Å². The van der Waals surface area contributed by atoms with E-state index in [1.165, 1.54) is 6.33 Å². The number of nitrogen functional groups attached to an aromatic ring is 1. The predicted molar refractivity (Wildman–Crippen MR) is 93.4 cm³/mol. The number of hydrogen-bond acceptors (Lipinski definition) is 8. The lowest BCUT2D eigenvalue weighted by atomic mass is 10.0. The van der Waals surface area contributed by atoms with Gasteiger partial charge in [0, 0.05) is 30.3 Å². The number of nitriles is 1. The Morgan fingerprint density at radius 1 is 1.40 bits per heavy atom. The van der Waals surface area contributed by atoms with Gasteiger partial charge in [-0.25, -0.2) is 9.97 Å². The summed E-state index contributed by atoms with van der Waals surface area (Å²) in [7, 11) is 0. The molecule has 2 aromatic rings. The maximum absolute atomic E-state index is 10.8. The van der Waals surface area contributed by atoms with Gasteiger partial charge in [0.25, 0.3) is 0 Å². The van der Waals surface area contributed by atoms with Crippen LogP contribution in [0.5, 0.6) is 0 Å². The number of benzene rings is 1. The Bertz CT molecular complexity index is 841. The highest BCUT2D eigenvalue weighted by Gasteiger charge is 2.24. The summed E-state index contributed by atoms with van der Waals surface area (Å²) in [6.45, 7) is 1.27. The van der Waals surface area contributed by atoms with E-state index >= 15 is 0 Å². The molecule has 0 amide bonds. The molecule has 0 spiro atoms. The first-order valence-electron chi connectivity index (χ1n) is 7.78. The van der Waals surface area contributed by atoms with Crippen molar-refractivity contribution in [1.29, 1.82) is 10.7 Å². The Balaban J connectivity index is 1.88. The summed E-state index contributed by atoms with van der Waals surface area (Å²) in [5, 5.41) is 20.7. The van der Waals surface area contributed by atoms with Gasteiger partial charge >= 0.3 is 0 Å². The van der Waals surface area contributed by atoms with Crippen LogP contribution in [0.3, 0.4) is 0 Å². The van der Waals surface area contributed by atoms with Gasteiger partial charge in [0.15, 0.2) is 6.19 Å². The highest BCUT2D eigenvalue weighted by atomic mass is 16.1. The van der Waals surface area contributed by atoms with E-state index in [1.54, 1.807) is 29.2 Å². The lowest BCUT2D eigenvalue weighted by Crippen LogP contribution is -2.25. The number of likely N-dealkylation sites (tertiary alicyclic amines) is 1. The summed E-state index contributed by atoms with van der Waals surface area (Å²) < 4.78 is 0. The average Bonchev–Trinajstić information content (AvgIpc) is 3.09. The molecule has 2 heterocycles. The second-order valence-corrected chi connectivity index (χ2v) is 5.77. The van der Waals surface area contributed by atoms with Crippen LogP contribution in [0.2, 0.25) is 0 Å². The smallest absolute Gasteiger partial charge is 0.179 e. The molecule has 0 saturated carbocycles. The van der Waals surface area contributed by atoms with Gasteiger partial charge in [0.1, 0.15) is 24.2 Å². The van der Waals surface area contributed by atoms with Crippen molar-refractivity contribution in [2.45, 2.75) is 12.5 Å². The second-order valence-electron chi connectivity index (χ2n) is 5.77. The topological polar surface area (TPSA) is 132 Å². The molecule has 1 aliphatic heterocycles. The monoisotopic (exact) mass is 335 g/mol. The van der Waals surface area contributed by atoms with Crippen molar-refractivity contribution in [2.24, 2.45) is 0 Å². The van der Waals surface area contributed by atoms with Crippen molar-refractivity contribution in [3.8, 4) is 6.19 Å². The summed E-state index contributed by atoms with van der Waals surface area (Å²) in [5.74, 6) is 0.679. The molecule has 3 rings (SSSR count). The average molecular weight is 335 g/mol. The number of nitrogens with two attached hydrogens (primary N) is 1. The minimum atomic E-state index is 0.0536. The maximum atomic E-state index is 10.8. The molecule has 8 heteroatoms. The summed E-state index contributed by atoms with van der Waals surface area (Å²) in [4.78, 5) is 20.7. The van der Waals surface area contributed by atoms with Crippen molar-refractivity contribution in [2.75, 3.05) is 24.1 Å². The van der Waals surface area contributed by atoms with Gasteiger partial charge < -0.3 is 16.0 Å². The SMILES string of the molecule is N#CN1CCC(Nc2ncnc(N)c2C(=N)c2ccc(C=O)cc2)C1. The summed E-state index contributed by atoms with van der Waals surface area (Å²) in [5.41, 5.74) is 7.73. The Labute approximate surface area is 144 Å². The molecule has 8 nitrogen and oxygen atoms in total. The Hall–Kier alpha value is -3.47. The van der Waals surface area contributed by atoms with Crippen molar-refractivity contribution in [3.05, 3.63) is 47.3 Å². The number of hydrogen-bond donors (Lipinski definition) is 3. The second kappa shape index (κ2) is 6.97. The fraction of sp³-hybridized carbons (Fsp3) is 0.235. The Kier molecular flexibility index (Phi) is 4.57. The zero-order valence-corrected chi connectivity index (χ0v) is 13.4. The van der Waals surface area contributed by atoms with E-state index in [0.29, 0.717) is 35.6 Å². The lowest BCUT2D eigenvalue weighted by molar-refractivity contribution is 0.112. The van der Waals surface area contributed by atoms with Crippen LogP contribution < -0.4 is 11.1 Å². The Morgan fingerprint density at radius 3 is 2.80 bits per heavy atom. The molecular weight excluding hydrogens is 318 g/mol. The van der Waals surface area contributed by atoms with Crippen LogP contribution in [0, 0.1) is 16.9 Å². The third-order valence-corrected chi connectivity index (χ3v) is 4.13. The number of nitrogens with one attached hydrogen (secondary N) is 2. The summed E-state index contributed by atoms with van der Waals surface area (Å²) in [6, 6.07) is 6.72. The molecule has 1 aliphatic rings. The van der Waals surface area contributed by atoms with Gasteiger partial charge in [0.2, 0.25) is 0 Å². The van der Waals surface area contributed by atoms with Crippen molar-refractivity contribution >= 4 is 23.6 Å². The van der Waals surface area contributed by atoms with E-state index in [2.05, 4.69) is 21.5 Å². The number of rotatable bonds is 5. The molecule has 1 atom stereocenters. The van der Waals surface area contributed by atoms with Crippen LogP contribution in [0.4, 0.5) is 11.6 Å². The number of aromatic nitrogens is 2. The summed E-state index contributed by atoms with van der Waals surface area (Å²) >= 11 is 0. The third-order valence-electron chi connectivity index (χ3n) is 4.13. The molecule has 1 aromatic heterocycles. The van der Waals surface area contributed by atoms with Crippen LogP contribution in [0.25, 0.3) is 0 Å². The van der Waals surface area contributed by atoms with E-state index in [0.717, 1.165) is 12.7 Å². The number of anilines is 2. The van der Waals surface area contributed by atoms with E-state index < -0.39 is 0 Å². The quantitative estimate of drug-likeness (QED) is 0.425. The molecule has 4 N–H and O–H groups in total. The third kappa shape index (κ3) is 3.40. The molecule has 0 bridgehead atoms. The van der Waals surface area contributed by atoms with Gasteiger partial charge in [-0.3, -0.25) is 10.2 Å². The van der Waals surface area contributed by atoms with Crippen LogP contribution in [0.15, 0.2) is 30.6 Å². The fourth-order valence-corrected chi connectivity index (χ4v) is 2.79. The fourth-order valence-electron chi connectivity index (χ4n) is 2.79. The zero-order valence-electron chi connectivity index (χ0n) is 13.4. The van der Waals surface area contributed by atoms with Gasteiger partial charge in [0.05, 0.1) is 11.3 Å². The first-order chi connectivity index (χ1) is 12.1. The molecule has 0 aliphatic carbocycles. The minimum absolute atomic E-state index is 0.0536. The zero-order chi connectivity index (χ0) is 17.8. The normalized spacial score (nSPS) is 16.3. The van der Waals surface area contributed by atoms with E-state index in [-0.39, 0.29) is 17.6 Å². The van der Waals surface area contributed by atoms with Crippen molar-refractivity contribution in [1.82, 2.24) is 14.9 Å². The molecule has 1 unspecified atom stereocenters. The molecule has 1 saturated heterocycles. The maximum Gasteiger partial charge on any atom is 0.179 e. The largest absolute Gasteiger partial charge is 0.383 e. The molecule has 1 fully saturated rings. The molecular formula is C17H17N7O. The van der Waals surface area contributed by atoms with E-state index in [9.17, 15) is 4.79 Å². The van der Waals surface area contributed by atoms with Crippen LogP contribution in [0.1, 0.15) is 27.9 Å². The number of carbonyl (C=O) groups is 1. The molecule has 0 radical (unpaired) electrons. The highest BCUT2D eigenvalue weighted by molar-refractivity contribution is 6.16. The number of carbonyl (C=O) groups excluding carboxylic acids is 1.